The summed E-state index contributed by atoms with van der Waals surface area (Å²) < 4.78 is 10.6. The third-order valence-corrected chi connectivity index (χ3v) is 4.37. The lowest BCUT2D eigenvalue weighted by atomic mass is 10.1. The number of methoxy groups -OCH3 is 2. The molecule has 0 atom stereocenters. The molecule has 0 bridgehead atoms. The van der Waals surface area contributed by atoms with Crippen LogP contribution in [0.3, 0.4) is 0 Å². The van der Waals surface area contributed by atoms with Gasteiger partial charge in [0.15, 0.2) is 0 Å². The molecular formula is C21H26N2O4. The fraction of sp³-hybridized carbons (Fsp3) is 0.333. The molecule has 6 nitrogen and oxygen atoms in total. The van der Waals surface area contributed by atoms with Crippen LogP contribution in [0.4, 0.5) is 5.69 Å². The molecule has 144 valence electrons. The van der Waals surface area contributed by atoms with Gasteiger partial charge in [-0.15, -0.1) is 0 Å². The van der Waals surface area contributed by atoms with Crippen molar-refractivity contribution < 1.29 is 19.1 Å². The highest BCUT2D eigenvalue weighted by Crippen LogP contribution is 2.29. The molecule has 0 radical (unpaired) electrons. The smallest absolute Gasteiger partial charge is 0.251 e. The second kappa shape index (κ2) is 8.58. The summed E-state index contributed by atoms with van der Waals surface area (Å²) >= 11 is 0. The first kappa shape index (κ1) is 20.3. The van der Waals surface area contributed by atoms with Crippen LogP contribution in [0.15, 0.2) is 24.3 Å². The van der Waals surface area contributed by atoms with E-state index in [9.17, 15) is 9.59 Å². The number of hydrogen-bond acceptors (Lipinski definition) is 4. The highest BCUT2D eigenvalue weighted by atomic mass is 16.5. The Balaban J connectivity index is 2.06. The Kier molecular flexibility index (Phi) is 6.45. The quantitative estimate of drug-likeness (QED) is 0.818. The third kappa shape index (κ3) is 4.78. The number of benzene rings is 2. The van der Waals surface area contributed by atoms with Crippen molar-refractivity contribution in [2.24, 2.45) is 0 Å². The Morgan fingerprint density at radius 3 is 1.89 bits per heavy atom. The minimum atomic E-state index is -0.376. The van der Waals surface area contributed by atoms with Gasteiger partial charge in [-0.1, -0.05) is 17.7 Å². The maximum atomic E-state index is 12.4. The molecule has 6 heteroatoms. The Morgan fingerprint density at radius 2 is 1.41 bits per heavy atom. The Labute approximate surface area is 159 Å². The Hall–Kier alpha value is -3.02. The minimum absolute atomic E-state index is 0.135. The lowest BCUT2D eigenvalue weighted by molar-refractivity contribution is -0.115. The van der Waals surface area contributed by atoms with Gasteiger partial charge in [0, 0.05) is 16.8 Å². The first-order chi connectivity index (χ1) is 12.8. The van der Waals surface area contributed by atoms with Crippen LogP contribution in [0.2, 0.25) is 0 Å². The number of ether oxygens (including phenoxy) is 2. The van der Waals surface area contributed by atoms with Gasteiger partial charge in [0.2, 0.25) is 5.91 Å². The van der Waals surface area contributed by atoms with Gasteiger partial charge in [0.25, 0.3) is 5.91 Å². The number of rotatable bonds is 6. The minimum Gasteiger partial charge on any atom is -0.496 e. The Bertz CT molecular complexity index is 826. The van der Waals surface area contributed by atoms with Crippen molar-refractivity contribution in [2.75, 3.05) is 26.1 Å². The molecule has 0 fully saturated rings. The SMILES string of the molecule is COc1cc(C(=O)NCC(=O)Nc2c(C)cc(C)cc2C)cc(OC)c1C. The second-order valence-electron chi connectivity index (χ2n) is 6.51. The molecule has 0 aliphatic heterocycles. The van der Waals surface area contributed by atoms with Crippen molar-refractivity contribution >= 4 is 17.5 Å². The normalized spacial score (nSPS) is 10.3. The van der Waals surface area contributed by atoms with Crippen molar-refractivity contribution in [3.8, 4) is 11.5 Å². The topological polar surface area (TPSA) is 76.7 Å². The summed E-state index contributed by atoms with van der Waals surface area (Å²) in [4.78, 5) is 24.7. The standard InChI is InChI=1S/C21H26N2O4/c1-12-7-13(2)20(14(3)8-12)23-19(24)11-22-21(25)16-9-17(26-5)15(4)18(10-16)27-6/h7-10H,11H2,1-6H3,(H,22,25)(H,23,24). The first-order valence-corrected chi connectivity index (χ1v) is 8.65. The van der Waals surface area contributed by atoms with Crippen LogP contribution in [0.25, 0.3) is 0 Å². The van der Waals surface area contributed by atoms with Crippen molar-refractivity contribution in [1.29, 1.82) is 0 Å². The van der Waals surface area contributed by atoms with Gasteiger partial charge in [-0.25, -0.2) is 0 Å². The molecule has 0 aromatic heterocycles. The van der Waals surface area contributed by atoms with Crippen LogP contribution in [-0.4, -0.2) is 32.6 Å². The van der Waals surface area contributed by atoms with Gasteiger partial charge in [0.1, 0.15) is 11.5 Å². The lowest BCUT2D eigenvalue weighted by Gasteiger charge is -2.14. The van der Waals surface area contributed by atoms with Gasteiger partial charge in [-0.3, -0.25) is 9.59 Å². The van der Waals surface area contributed by atoms with E-state index >= 15 is 0 Å². The molecule has 2 aromatic rings. The lowest BCUT2D eigenvalue weighted by Crippen LogP contribution is -2.33. The van der Waals surface area contributed by atoms with E-state index < -0.39 is 0 Å². The predicted octanol–water partition coefficient (Wildman–Crippen LogP) is 3.31. The summed E-state index contributed by atoms with van der Waals surface area (Å²) in [6.07, 6.45) is 0. The van der Waals surface area contributed by atoms with Gasteiger partial charge in [-0.05, 0) is 51.0 Å². The molecule has 2 amide bonds. The van der Waals surface area contributed by atoms with Crippen molar-refractivity contribution in [1.82, 2.24) is 5.32 Å². The molecule has 2 rings (SSSR count). The molecule has 0 aliphatic carbocycles. The van der Waals surface area contributed by atoms with E-state index in [-0.39, 0.29) is 18.4 Å². The zero-order valence-corrected chi connectivity index (χ0v) is 16.6. The summed E-state index contributed by atoms with van der Waals surface area (Å²) in [6.45, 7) is 7.61. The molecule has 0 spiro atoms. The Morgan fingerprint density at radius 1 is 0.889 bits per heavy atom. The van der Waals surface area contributed by atoms with E-state index in [2.05, 4.69) is 10.6 Å². The van der Waals surface area contributed by atoms with E-state index in [1.807, 2.05) is 39.8 Å². The van der Waals surface area contributed by atoms with Crippen molar-refractivity contribution in [2.45, 2.75) is 27.7 Å². The predicted molar refractivity (Wildman–Crippen MR) is 106 cm³/mol. The van der Waals surface area contributed by atoms with Crippen LogP contribution < -0.4 is 20.1 Å². The summed E-state index contributed by atoms with van der Waals surface area (Å²) in [5.74, 6) is 0.438. The monoisotopic (exact) mass is 370 g/mol. The fourth-order valence-corrected chi connectivity index (χ4v) is 3.04. The molecule has 0 heterocycles. The van der Waals surface area contributed by atoms with E-state index in [0.717, 1.165) is 27.9 Å². The zero-order chi connectivity index (χ0) is 20.1. The summed E-state index contributed by atoms with van der Waals surface area (Å²) in [5, 5.41) is 5.49. The number of anilines is 1. The van der Waals surface area contributed by atoms with Crippen LogP contribution in [0, 0.1) is 27.7 Å². The van der Waals surface area contributed by atoms with E-state index in [0.29, 0.717) is 17.1 Å². The van der Waals surface area contributed by atoms with Gasteiger partial charge >= 0.3 is 0 Å². The summed E-state index contributed by atoms with van der Waals surface area (Å²) in [6, 6.07) is 7.26. The molecule has 27 heavy (non-hydrogen) atoms. The first-order valence-electron chi connectivity index (χ1n) is 8.65. The number of carbonyl (C=O) groups excluding carboxylic acids is 2. The number of amides is 2. The van der Waals surface area contributed by atoms with Crippen LogP contribution in [0.5, 0.6) is 11.5 Å². The largest absolute Gasteiger partial charge is 0.496 e. The molecule has 0 saturated heterocycles. The average molecular weight is 370 g/mol. The van der Waals surface area contributed by atoms with Crippen LogP contribution in [0.1, 0.15) is 32.6 Å². The fourth-order valence-electron chi connectivity index (χ4n) is 3.04. The molecule has 2 aromatic carbocycles. The van der Waals surface area contributed by atoms with Crippen molar-refractivity contribution in [3.05, 3.63) is 52.1 Å². The number of nitrogens with one attached hydrogen (secondary N) is 2. The summed E-state index contributed by atoms with van der Waals surface area (Å²) in [5.41, 5.74) is 5.06. The zero-order valence-electron chi connectivity index (χ0n) is 16.6. The highest BCUT2D eigenvalue weighted by molar-refractivity contribution is 6.00. The number of carbonyl (C=O) groups is 2. The molecular weight excluding hydrogens is 344 g/mol. The number of hydrogen-bond donors (Lipinski definition) is 2. The number of aryl methyl sites for hydroxylation is 3. The van der Waals surface area contributed by atoms with Gasteiger partial charge < -0.3 is 20.1 Å². The van der Waals surface area contributed by atoms with E-state index in [1.54, 1.807) is 12.1 Å². The van der Waals surface area contributed by atoms with Crippen molar-refractivity contribution in [3.63, 3.8) is 0 Å². The van der Waals surface area contributed by atoms with Crippen LogP contribution >= 0.6 is 0 Å². The van der Waals surface area contributed by atoms with Gasteiger partial charge in [-0.2, -0.15) is 0 Å². The van der Waals surface area contributed by atoms with E-state index in [1.165, 1.54) is 14.2 Å². The average Bonchev–Trinajstić information content (AvgIpc) is 2.62. The molecule has 2 N–H and O–H groups in total. The molecule has 0 aliphatic rings. The van der Waals surface area contributed by atoms with E-state index in [4.69, 9.17) is 9.47 Å². The van der Waals surface area contributed by atoms with Gasteiger partial charge in [0.05, 0.1) is 20.8 Å². The van der Waals surface area contributed by atoms with Crippen LogP contribution in [-0.2, 0) is 4.79 Å². The maximum Gasteiger partial charge on any atom is 0.251 e. The summed E-state index contributed by atoms with van der Waals surface area (Å²) in [7, 11) is 3.06. The third-order valence-electron chi connectivity index (χ3n) is 4.37. The highest BCUT2D eigenvalue weighted by Gasteiger charge is 2.15. The second-order valence-corrected chi connectivity index (χ2v) is 6.51. The molecule has 0 saturated carbocycles. The maximum absolute atomic E-state index is 12.4. The molecule has 0 unspecified atom stereocenters.